The van der Waals surface area contributed by atoms with Crippen LogP contribution >= 0.6 is 11.3 Å². The van der Waals surface area contributed by atoms with Gasteiger partial charge in [-0.15, -0.1) is 11.3 Å². The molecule has 5 heteroatoms. The van der Waals surface area contributed by atoms with Gasteiger partial charge in [-0.1, -0.05) is 18.2 Å². The van der Waals surface area contributed by atoms with Crippen LogP contribution in [0.25, 0.3) is 17.0 Å². The van der Waals surface area contributed by atoms with Crippen molar-refractivity contribution < 1.29 is 9.90 Å². The lowest BCUT2D eigenvalue weighted by Crippen LogP contribution is -2.26. The second kappa shape index (κ2) is 6.22. The van der Waals surface area contributed by atoms with E-state index in [-0.39, 0.29) is 11.3 Å². The number of aryl methyl sites for hydroxylation is 1. The lowest BCUT2D eigenvalue weighted by molar-refractivity contribution is 0.104. The Balaban J connectivity index is 2.17. The molecule has 0 aliphatic rings. The molecular formula is C18H15NO3S. The number of ketones is 1. The molecule has 0 amide bonds. The van der Waals surface area contributed by atoms with Crippen LogP contribution in [0.2, 0.25) is 0 Å². The molecule has 0 unspecified atom stereocenters. The third-order valence-electron chi connectivity index (χ3n) is 3.65. The van der Waals surface area contributed by atoms with Crippen molar-refractivity contribution in [3.8, 4) is 5.75 Å². The van der Waals surface area contributed by atoms with E-state index in [4.69, 9.17) is 0 Å². The Bertz CT molecular complexity index is 952. The van der Waals surface area contributed by atoms with Gasteiger partial charge in [-0.25, -0.2) is 0 Å². The van der Waals surface area contributed by atoms with Crippen LogP contribution in [0.1, 0.15) is 22.2 Å². The summed E-state index contributed by atoms with van der Waals surface area (Å²) in [5.41, 5.74) is -0.0285. The van der Waals surface area contributed by atoms with Crippen molar-refractivity contribution in [2.75, 3.05) is 0 Å². The molecule has 0 spiro atoms. The van der Waals surface area contributed by atoms with E-state index in [9.17, 15) is 14.7 Å². The third-order valence-corrected chi connectivity index (χ3v) is 4.49. The molecule has 0 bridgehead atoms. The first-order valence-corrected chi connectivity index (χ1v) is 8.12. The summed E-state index contributed by atoms with van der Waals surface area (Å²) in [5.74, 6) is -0.745. The molecule has 116 valence electrons. The van der Waals surface area contributed by atoms with Crippen molar-refractivity contribution in [3.05, 3.63) is 68.6 Å². The Morgan fingerprint density at radius 2 is 2.04 bits per heavy atom. The minimum absolute atomic E-state index is 0.182. The van der Waals surface area contributed by atoms with Gasteiger partial charge in [-0.3, -0.25) is 9.59 Å². The predicted molar refractivity (Wildman–Crippen MR) is 93.2 cm³/mol. The van der Waals surface area contributed by atoms with Crippen molar-refractivity contribution >= 4 is 34.1 Å². The van der Waals surface area contributed by atoms with Crippen LogP contribution in [0.3, 0.4) is 0 Å². The smallest absolute Gasteiger partial charge is 0.266 e. The highest BCUT2D eigenvalue weighted by Gasteiger charge is 2.19. The van der Waals surface area contributed by atoms with Crippen molar-refractivity contribution in [1.29, 1.82) is 0 Å². The number of benzene rings is 1. The van der Waals surface area contributed by atoms with Crippen molar-refractivity contribution in [2.45, 2.75) is 13.5 Å². The summed E-state index contributed by atoms with van der Waals surface area (Å²) in [5, 5.41) is 12.8. The maximum Gasteiger partial charge on any atom is 0.266 e. The van der Waals surface area contributed by atoms with Gasteiger partial charge in [0, 0.05) is 16.8 Å². The van der Waals surface area contributed by atoms with Crippen molar-refractivity contribution in [1.82, 2.24) is 4.57 Å². The van der Waals surface area contributed by atoms with E-state index in [0.717, 1.165) is 4.88 Å². The van der Waals surface area contributed by atoms with Crippen LogP contribution in [0, 0.1) is 0 Å². The molecular weight excluding hydrogens is 310 g/mol. The second-order valence-corrected chi connectivity index (χ2v) is 5.98. The fraction of sp³-hybridized carbons (Fsp3) is 0.111. The molecule has 0 aliphatic heterocycles. The third kappa shape index (κ3) is 2.71. The number of nitrogens with zero attached hydrogens (tertiary/aromatic N) is 1. The molecule has 3 aromatic rings. The molecule has 0 aliphatic carbocycles. The first-order chi connectivity index (χ1) is 11.1. The zero-order valence-electron chi connectivity index (χ0n) is 12.5. The first-order valence-electron chi connectivity index (χ1n) is 7.24. The summed E-state index contributed by atoms with van der Waals surface area (Å²) in [7, 11) is 0. The number of carbonyl (C=O) groups is 1. The molecule has 2 heterocycles. The Labute approximate surface area is 136 Å². The zero-order valence-corrected chi connectivity index (χ0v) is 13.3. The van der Waals surface area contributed by atoms with Crippen LogP contribution in [-0.4, -0.2) is 15.5 Å². The first kappa shape index (κ1) is 15.2. The van der Waals surface area contributed by atoms with Crippen molar-refractivity contribution in [2.24, 2.45) is 0 Å². The van der Waals surface area contributed by atoms with E-state index in [2.05, 4.69) is 0 Å². The zero-order chi connectivity index (χ0) is 16.4. The lowest BCUT2D eigenvalue weighted by Gasteiger charge is -2.12. The summed E-state index contributed by atoms with van der Waals surface area (Å²) in [4.78, 5) is 25.9. The number of rotatable bonds is 4. The van der Waals surface area contributed by atoms with Crippen LogP contribution < -0.4 is 5.56 Å². The predicted octanol–water partition coefficient (Wildman–Crippen LogP) is 3.68. The number of para-hydroxylation sites is 1. The minimum atomic E-state index is -0.492. The number of carbonyl (C=O) groups excluding carboxylic acids is 1. The van der Waals surface area contributed by atoms with Gasteiger partial charge in [-0.2, -0.15) is 0 Å². The molecule has 0 atom stereocenters. The Morgan fingerprint density at radius 1 is 1.26 bits per heavy atom. The number of fused-ring (bicyclic) bond motifs is 1. The minimum Gasteiger partial charge on any atom is -0.506 e. The van der Waals surface area contributed by atoms with Crippen LogP contribution in [0.15, 0.2) is 52.6 Å². The van der Waals surface area contributed by atoms with Gasteiger partial charge in [0.05, 0.1) is 5.52 Å². The quantitative estimate of drug-likeness (QED) is 0.588. The van der Waals surface area contributed by atoms with Crippen LogP contribution in [0.5, 0.6) is 5.75 Å². The molecule has 4 nitrogen and oxygen atoms in total. The number of hydrogen-bond donors (Lipinski definition) is 1. The molecule has 1 aromatic carbocycles. The van der Waals surface area contributed by atoms with Gasteiger partial charge in [0.15, 0.2) is 5.78 Å². The highest BCUT2D eigenvalue weighted by molar-refractivity contribution is 7.10. The summed E-state index contributed by atoms with van der Waals surface area (Å²) >= 11 is 1.49. The van der Waals surface area contributed by atoms with E-state index < -0.39 is 11.3 Å². The second-order valence-electron chi connectivity index (χ2n) is 5.00. The topological polar surface area (TPSA) is 59.3 Å². The molecule has 0 fully saturated rings. The van der Waals surface area contributed by atoms with E-state index in [1.807, 2.05) is 24.4 Å². The number of thiophene rings is 1. The molecule has 2 aromatic heterocycles. The number of aromatic hydroxyl groups is 1. The Morgan fingerprint density at radius 3 is 2.74 bits per heavy atom. The average Bonchev–Trinajstić information content (AvgIpc) is 3.07. The van der Waals surface area contributed by atoms with Gasteiger partial charge in [0.2, 0.25) is 0 Å². The molecule has 1 N–H and O–H groups in total. The van der Waals surface area contributed by atoms with Crippen LogP contribution in [0.4, 0.5) is 0 Å². The number of hydrogen-bond acceptors (Lipinski definition) is 4. The summed E-state index contributed by atoms with van der Waals surface area (Å²) < 4.78 is 1.50. The summed E-state index contributed by atoms with van der Waals surface area (Å²) in [6.07, 6.45) is 2.98. The maximum absolute atomic E-state index is 12.6. The number of allylic oxidation sites excluding steroid dienone is 1. The van der Waals surface area contributed by atoms with Gasteiger partial charge in [0.25, 0.3) is 5.56 Å². The lowest BCUT2D eigenvalue weighted by atomic mass is 10.1. The van der Waals surface area contributed by atoms with E-state index in [0.29, 0.717) is 17.4 Å². The molecule has 0 radical (unpaired) electrons. The van der Waals surface area contributed by atoms with E-state index in [1.54, 1.807) is 30.3 Å². The van der Waals surface area contributed by atoms with Gasteiger partial charge in [0.1, 0.15) is 11.3 Å². The normalized spacial score (nSPS) is 11.3. The number of pyridine rings is 1. The molecule has 3 rings (SSSR count). The summed E-state index contributed by atoms with van der Waals surface area (Å²) in [6.45, 7) is 2.26. The SMILES string of the molecule is CCn1c(=O)c(C(=O)/C=C/c2cccs2)c(O)c2ccccc21. The van der Waals surface area contributed by atoms with Gasteiger partial charge in [-0.05, 0) is 42.7 Å². The van der Waals surface area contributed by atoms with E-state index in [1.165, 1.54) is 22.0 Å². The molecule has 0 saturated carbocycles. The Hall–Kier alpha value is -2.66. The van der Waals surface area contributed by atoms with E-state index >= 15 is 0 Å². The van der Waals surface area contributed by atoms with Crippen LogP contribution in [-0.2, 0) is 6.54 Å². The Kier molecular flexibility index (Phi) is 4.12. The molecule has 0 saturated heterocycles. The highest BCUT2D eigenvalue weighted by atomic mass is 32.1. The fourth-order valence-corrected chi connectivity index (χ4v) is 3.17. The monoisotopic (exact) mass is 325 g/mol. The number of aromatic nitrogens is 1. The van der Waals surface area contributed by atoms with Crippen molar-refractivity contribution in [3.63, 3.8) is 0 Å². The standard InChI is InChI=1S/C18H15NO3S/c1-2-19-14-8-4-3-7-13(14)17(21)16(18(19)22)15(20)10-9-12-6-5-11-23-12/h3-11,21H,2H2,1H3/b10-9+. The van der Waals surface area contributed by atoms with Gasteiger partial charge < -0.3 is 9.67 Å². The molecule has 23 heavy (non-hydrogen) atoms. The highest BCUT2D eigenvalue weighted by Crippen LogP contribution is 2.26. The fourth-order valence-electron chi connectivity index (χ4n) is 2.55. The maximum atomic E-state index is 12.6. The largest absolute Gasteiger partial charge is 0.506 e. The summed E-state index contributed by atoms with van der Waals surface area (Å²) in [6, 6.07) is 10.8. The van der Waals surface area contributed by atoms with Gasteiger partial charge >= 0.3 is 0 Å². The average molecular weight is 325 g/mol.